The fraction of sp³-hybridized carbons (Fsp3) is 0.833. The fourth-order valence-electron chi connectivity index (χ4n) is 3.82. The predicted octanol–water partition coefficient (Wildman–Crippen LogP) is 1.28. The molecule has 1 unspecified atom stereocenters. The summed E-state index contributed by atoms with van der Waals surface area (Å²) in [6.07, 6.45) is 5.62. The number of aromatic amines is 1. The highest BCUT2D eigenvalue weighted by atomic mass is 16.2. The average Bonchev–Trinajstić information content (AvgIpc) is 2.93. The summed E-state index contributed by atoms with van der Waals surface area (Å²) in [5.74, 6) is 2.10. The van der Waals surface area contributed by atoms with Crippen LogP contribution in [0.1, 0.15) is 51.2 Å². The van der Waals surface area contributed by atoms with Crippen LogP contribution in [0.3, 0.4) is 0 Å². The van der Waals surface area contributed by atoms with Gasteiger partial charge in [-0.15, -0.1) is 0 Å². The molecule has 0 aliphatic carbocycles. The van der Waals surface area contributed by atoms with Crippen LogP contribution in [0.25, 0.3) is 0 Å². The van der Waals surface area contributed by atoms with E-state index in [9.17, 15) is 4.79 Å². The Morgan fingerprint density at radius 3 is 2.80 bits per heavy atom. The second kappa shape index (κ2) is 8.76. The molecule has 25 heavy (non-hydrogen) atoms. The lowest BCUT2D eigenvalue weighted by Crippen LogP contribution is -2.46. The molecule has 2 fully saturated rings. The van der Waals surface area contributed by atoms with Crippen molar-refractivity contribution in [1.29, 1.82) is 0 Å². The molecule has 1 N–H and O–H groups in total. The highest BCUT2D eigenvalue weighted by Crippen LogP contribution is 2.16. The number of piperidine rings is 1. The van der Waals surface area contributed by atoms with Crippen LogP contribution in [0.2, 0.25) is 0 Å². The van der Waals surface area contributed by atoms with Crippen molar-refractivity contribution < 1.29 is 4.79 Å². The molecule has 0 aromatic carbocycles. The van der Waals surface area contributed by atoms with Gasteiger partial charge in [0.05, 0.1) is 13.1 Å². The number of amides is 1. The van der Waals surface area contributed by atoms with Gasteiger partial charge in [0.25, 0.3) is 0 Å². The van der Waals surface area contributed by atoms with Crippen molar-refractivity contribution in [1.82, 2.24) is 29.9 Å². The molecular formula is C18H32N6O. The van der Waals surface area contributed by atoms with E-state index in [1.807, 2.05) is 0 Å². The molecule has 7 heteroatoms. The molecule has 1 aromatic heterocycles. The zero-order valence-corrected chi connectivity index (χ0v) is 15.7. The molecule has 1 atom stereocenters. The van der Waals surface area contributed by atoms with Crippen LogP contribution >= 0.6 is 0 Å². The Morgan fingerprint density at radius 1 is 1.16 bits per heavy atom. The van der Waals surface area contributed by atoms with Crippen molar-refractivity contribution in [2.75, 3.05) is 39.3 Å². The summed E-state index contributed by atoms with van der Waals surface area (Å²) in [6, 6.07) is 0.542. The zero-order valence-electron chi connectivity index (χ0n) is 15.7. The van der Waals surface area contributed by atoms with Crippen LogP contribution in [0.4, 0.5) is 0 Å². The lowest BCUT2D eigenvalue weighted by atomic mass is 10.0. The maximum Gasteiger partial charge on any atom is 0.236 e. The molecule has 2 aliphatic rings. The summed E-state index contributed by atoms with van der Waals surface area (Å²) in [4.78, 5) is 24.0. The van der Waals surface area contributed by atoms with E-state index in [4.69, 9.17) is 0 Å². The van der Waals surface area contributed by atoms with Gasteiger partial charge in [-0.05, 0) is 32.7 Å². The second-order valence-electron chi connectivity index (χ2n) is 7.38. The van der Waals surface area contributed by atoms with Crippen molar-refractivity contribution in [3.05, 3.63) is 11.6 Å². The Balaban J connectivity index is 1.48. The van der Waals surface area contributed by atoms with Crippen molar-refractivity contribution in [2.24, 2.45) is 0 Å². The molecule has 1 aromatic rings. The van der Waals surface area contributed by atoms with Gasteiger partial charge in [0, 0.05) is 38.6 Å². The third kappa shape index (κ3) is 5.01. The van der Waals surface area contributed by atoms with Gasteiger partial charge >= 0.3 is 0 Å². The van der Waals surface area contributed by atoms with Gasteiger partial charge in [-0.25, -0.2) is 4.98 Å². The van der Waals surface area contributed by atoms with Crippen molar-refractivity contribution in [3.8, 4) is 0 Å². The van der Waals surface area contributed by atoms with Crippen LogP contribution in [0.15, 0.2) is 0 Å². The van der Waals surface area contributed by atoms with E-state index in [0.29, 0.717) is 18.5 Å². The van der Waals surface area contributed by atoms with E-state index >= 15 is 0 Å². The number of likely N-dealkylation sites (tertiary alicyclic amines) is 1. The number of hydrogen-bond acceptors (Lipinski definition) is 5. The normalized spacial score (nSPS) is 23.6. The fourth-order valence-corrected chi connectivity index (χ4v) is 3.82. The van der Waals surface area contributed by atoms with Crippen LogP contribution in [0.5, 0.6) is 0 Å². The van der Waals surface area contributed by atoms with E-state index in [2.05, 4.69) is 43.7 Å². The minimum Gasteiger partial charge on any atom is -0.340 e. The van der Waals surface area contributed by atoms with Crippen LogP contribution in [0, 0.1) is 0 Å². The number of rotatable bonds is 5. The van der Waals surface area contributed by atoms with E-state index in [1.54, 1.807) is 0 Å². The minimum absolute atomic E-state index is 0.295. The van der Waals surface area contributed by atoms with Gasteiger partial charge in [-0.2, -0.15) is 5.10 Å². The lowest BCUT2D eigenvalue weighted by Gasteiger charge is -2.34. The quantitative estimate of drug-likeness (QED) is 0.868. The summed E-state index contributed by atoms with van der Waals surface area (Å²) >= 11 is 0. The molecule has 3 rings (SSSR count). The molecule has 0 spiro atoms. The zero-order chi connectivity index (χ0) is 17.6. The molecule has 2 saturated heterocycles. The molecule has 0 saturated carbocycles. The number of aryl methyl sites for hydroxylation is 1. The molecule has 0 bridgehead atoms. The number of carbonyl (C=O) groups is 1. The van der Waals surface area contributed by atoms with Gasteiger partial charge in [-0.1, -0.05) is 13.3 Å². The standard InChI is InChI=1S/C18H32N6O/c1-3-16-19-17(21-20-16)13-22-8-6-10-23(12-11-22)18(25)14-24-9-5-4-7-15(24)2/h15H,3-14H2,1-2H3,(H,19,20,21). The Bertz CT molecular complexity index is 560. The first kappa shape index (κ1) is 18.3. The smallest absolute Gasteiger partial charge is 0.236 e. The van der Waals surface area contributed by atoms with E-state index in [1.165, 1.54) is 19.3 Å². The highest BCUT2D eigenvalue weighted by molar-refractivity contribution is 5.78. The Labute approximate surface area is 150 Å². The number of aromatic nitrogens is 3. The minimum atomic E-state index is 0.295. The molecule has 1 amide bonds. The van der Waals surface area contributed by atoms with Crippen molar-refractivity contribution in [3.63, 3.8) is 0 Å². The van der Waals surface area contributed by atoms with E-state index in [-0.39, 0.29) is 0 Å². The number of hydrogen-bond donors (Lipinski definition) is 1. The van der Waals surface area contributed by atoms with E-state index in [0.717, 1.165) is 63.8 Å². The third-order valence-electron chi connectivity index (χ3n) is 5.49. The summed E-state index contributed by atoms with van der Waals surface area (Å²) in [7, 11) is 0. The molecule has 0 radical (unpaired) electrons. The summed E-state index contributed by atoms with van der Waals surface area (Å²) in [5, 5.41) is 7.23. The van der Waals surface area contributed by atoms with Crippen LogP contribution in [-0.4, -0.2) is 81.1 Å². The first-order chi connectivity index (χ1) is 12.2. The van der Waals surface area contributed by atoms with Gasteiger partial charge in [0.2, 0.25) is 5.91 Å². The summed E-state index contributed by atoms with van der Waals surface area (Å²) in [6.45, 7) is 10.4. The van der Waals surface area contributed by atoms with Crippen LogP contribution in [-0.2, 0) is 17.8 Å². The summed E-state index contributed by atoms with van der Waals surface area (Å²) in [5.41, 5.74) is 0. The average molecular weight is 348 g/mol. The third-order valence-corrected chi connectivity index (χ3v) is 5.49. The molecule has 140 valence electrons. The largest absolute Gasteiger partial charge is 0.340 e. The molecular weight excluding hydrogens is 316 g/mol. The lowest BCUT2D eigenvalue weighted by molar-refractivity contribution is -0.133. The Hall–Kier alpha value is -1.47. The number of nitrogens with one attached hydrogen (secondary N) is 1. The topological polar surface area (TPSA) is 68.4 Å². The first-order valence-electron chi connectivity index (χ1n) is 9.80. The Morgan fingerprint density at radius 2 is 2.04 bits per heavy atom. The van der Waals surface area contributed by atoms with Crippen molar-refractivity contribution >= 4 is 5.91 Å². The maximum absolute atomic E-state index is 12.7. The first-order valence-corrected chi connectivity index (χ1v) is 9.80. The Kier molecular flexibility index (Phi) is 6.42. The molecule has 7 nitrogen and oxygen atoms in total. The monoisotopic (exact) mass is 348 g/mol. The number of H-pyrrole nitrogens is 1. The summed E-state index contributed by atoms with van der Waals surface area (Å²) < 4.78 is 0. The maximum atomic E-state index is 12.7. The molecule has 2 aliphatic heterocycles. The predicted molar refractivity (Wildman–Crippen MR) is 97.1 cm³/mol. The second-order valence-corrected chi connectivity index (χ2v) is 7.38. The van der Waals surface area contributed by atoms with Crippen LogP contribution < -0.4 is 0 Å². The van der Waals surface area contributed by atoms with Gasteiger partial charge in [0.1, 0.15) is 11.6 Å². The SMILES string of the molecule is CCc1n[nH]c(CN2CCCN(C(=O)CN3CCCCC3C)CC2)n1. The van der Waals surface area contributed by atoms with Gasteiger partial charge in [-0.3, -0.25) is 19.7 Å². The highest BCUT2D eigenvalue weighted by Gasteiger charge is 2.25. The van der Waals surface area contributed by atoms with E-state index < -0.39 is 0 Å². The number of nitrogens with zero attached hydrogens (tertiary/aromatic N) is 5. The molecule has 3 heterocycles. The van der Waals surface area contributed by atoms with Crippen molar-refractivity contribution in [2.45, 2.75) is 58.5 Å². The van der Waals surface area contributed by atoms with Gasteiger partial charge in [0.15, 0.2) is 0 Å². The number of carbonyl (C=O) groups excluding carboxylic acids is 1. The van der Waals surface area contributed by atoms with Gasteiger partial charge < -0.3 is 4.90 Å².